The van der Waals surface area contributed by atoms with Gasteiger partial charge in [-0.25, -0.2) is 9.69 Å². The monoisotopic (exact) mass is 407 g/mol. The molecule has 0 atom stereocenters. The lowest BCUT2D eigenvalue weighted by Gasteiger charge is -2.13. The van der Waals surface area contributed by atoms with Gasteiger partial charge in [-0.3, -0.25) is 9.59 Å². The fraction of sp³-hybridized carbons (Fsp3) is 0.0625. The largest absolute Gasteiger partial charge is 0.440 e. The van der Waals surface area contributed by atoms with Crippen molar-refractivity contribution >= 4 is 40.4 Å². The van der Waals surface area contributed by atoms with Gasteiger partial charge in [0, 0.05) is 3.57 Å². The van der Waals surface area contributed by atoms with E-state index < -0.39 is 24.5 Å². The molecule has 0 aromatic heterocycles. The molecule has 0 N–H and O–H groups in total. The zero-order valence-corrected chi connectivity index (χ0v) is 13.4. The van der Waals surface area contributed by atoms with Crippen LogP contribution in [-0.2, 0) is 4.74 Å². The van der Waals surface area contributed by atoms with E-state index in [1.54, 1.807) is 42.5 Å². The number of halogens is 1. The van der Waals surface area contributed by atoms with Crippen molar-refractivity contribution in [3.63, 3.8) is 0 Å². The van der Waals surface area contributed by atoms with Crippen molar-refractivity contribution < 1.29 is 19.1 Å². The van der Waals surface area contributed by atoms with Crippen molar-refractivity contribution in [3.05, 3.63) is 68.8 Å². The van der Waals surface area contributed by atoms with Gasteiger partial charge in [-0.1, -0.05) is 18.2 Å². The van der Waals surface area contributed by atoms with E-state index in [0.29, 0.717) is 16.7 Å². The summed E-state index contributed by atoms with van der Waals surface area (Å²) in [4.78, 5) is 37.1. The number of carbonyl (C=O) groups is 3. The Morgan fingerprint density at radius 1 is 1.00 bits per heavy atom. The van der Waals surface area contributed by atoms with Gasteiger partial charge in [-0.05, 0) is 52.9 Å². The van der Waals surface area contributed by atoms with Crippen molar-refractivity contribution in [1.82, 2.24) is 4.90 Å². The maximum atomic E-state index is 12.1. The molecule has 0 bridgehead atoms. The van der Waals surface area contributed by atoms with E-state index >= 15 is 0 Å². The highest BCUT2D eigenvalue weighted by Gasteiger charge is 2.35. The molecule has 0 radical (unpaired) electrons. The summed E-state index contributed by atoms with van der Waals surface area (Å²) in [6, 6.07) is 13.4. The van der Waals surface area contributed by atoms with Crippen LogP contribution in [0.1, 0.15) is 31.1 Å². The van der Waals surface area contributed by atoms with Crippen LogP contribution in [0.5, 0.6) is 0 Å². The molecular weight excluding hydrogens is 397 g/mol. The zero-order chi connectivity index (χ0) is 15.7. The molecule has 22 heavy (non-hydrogen) atoms. The summed E-state index contributed by atoms with van der Waals surface area (Å²) in [6.07, 6.45) is 0. The molecule has 2 aromatic carbocycles. The van der Waals surface area contributed by atoms with Crippen molar-refractivity contribution in [2.75, 3.05) is 6.73 Å². The van der Waals surface area contributed by atoms with Gasteiger partial charge in [-0.15, -0.1) is 0 Å². The number of ether oxygens (including phenoxy) is 1. The highest BCUT2D eigenvalue weighted by Crippen LogP contribution is 2.22. The van der Waals surface area contributed by atoms with Gasteiger partial charge in [0.2, 0.25) is 0 Å². The molecule has 2 amide bonds. The predicted octanol–water partition coefficient (Wildman–Crippen LogP) is 2.70. The van der Waals surface area contributed by atoms with Gasteiger partial charge >= 0.3 is 5.97 Å². The number of hydrogen-bond donors (Lipinski definition) is 0. The van der Waals surface area contributed by atoms with E-state index in [2.05, 4.69) is 22.6 Å². The van der Waals surface area contributed by atoms with Gasteiger partial charge in [-0.2, -0.15) is 0 Å². The summed E-state index contributed by atoms with van der Waals surface area (Å²) in [7, 11) is 0. The van der Waals surface area contributed by atoms with E-state index in [0.717, 1.165) is 8.47 Å². The lowest BCUT2D eigenvalue weighted by atomic mass is 10.1. The van der Waals surface area contributed by atoms with Crippen molar-refractivity contribution in [3.8, 4) is 0 Å². The number of esters is 1. The first kappa shape index (κ1) is 14.7. The summed E-state index contributed by atoms with van der Waals surface area (Å²) in [5.41, 5.74) is 1.04. The minimum Gasteiger partial charge on any atom is -0.440 e. The van der Waals surface area contributed by atoms with Crippen LogP contribution in [0, 0.1) is 3.57 Å². The molecule has 3 rings (SSSR count). The van der Waals surface area contributed by atoms with Crippen LogP contribution in [0.3, 0.4) is 0 Å². The number of benzene rings is 2. The van der Waals surface area contributed by atoms with Crippen LogP contribution in [0.15, 0.2) is 48.5 Å². The standard InChI is InChI=1S/C16H10INO4/c17-11-5-3-4-10(8-11)16(21)22-9-18-14(19)12-6-1-2-7-13(12)15(18)20/h1-8H,9H2. The minimum absolute atomic E-state index is 0.331. The van der Waals surface area contributed by atoms with Crippen LogP contribution in [0.4, 0.5) is 0 Å². The normalized spacial score (nSPS) is 13.2. The Morgan fingerprint density at radius 2 is 1.64 bits per heavy atom. The van der Waals surface area contributed by atoms with Gasteiger partial charge in [0.15, 0.2) is 6.73 Å². The molecule has 0 saturated heterocycles. The Balaban J connectivity index is 1.72. The summed E-state index contributed by atoms with van der Waals surface area (Å²) in [5, 5.41) is 0. The second-order valence-corrected chi connectivity index (χ2v) is 5.90. The summed E-state index contributed by atoms with van der Waals surface area (Å²) in [6.45, 7) is -0.392. The molecule has 1 heterocycles. The number of fused-ring (bicyclic) bond motifs is 1. The van der Waals surface area contributed by atoms with Crippen LogP contribution in [-0.4, -0.2) is 29.4 Å². The average molecular weight is 407 g/mol. The Bertz CT molecular complexity index is 752. The molecule has 0 spiro atoms. The summed E-state index contributed by atoms with van der Waals surface area (Å²) < 4.78 is 5.98. The molecule has 0 fully saturated rings. The fourth-order valence-electron chi connectivity index (χ4n) is 2.18. The van der Waals surface area contributed by atoms with Crippen LogP contribution in [0.25, 0.3) is 0 Å². The van der Waals surface area contributed by atoms with Gasteiger partial charge in [0.1, 0.15) is 0 Å². The Morgan fingerprint density at radius 3 is 2.23 bits per heavy atom. The maximum Gasteiger partial charge on any atom is 0.339 e. The maximum absolute atomic E-state index is 12.1. The second-order valence-electron chi connectivity index (χ2n) is 4.66. The number of nitrogens with zero attached hydrogens (tertiary/aromatic N) is 1. The van der Waals surface area contributed by atoms with E-state index in [4.69, 9.17) is 4.74 Å². The Hall–Kier alpha value is -2.22. The SMILES string of the molecule is O=C(OCN1C(=O)c2ccccc2C1=O)c1cccc(I)c1. The van der Waals surface area contributed by atoms with Crippen molar-refractivity contribution in [2.24, 2.45) is 0 Å². The molecule has 0 aliphatic carbocycles. The van der Waals surface area contributed by atoms with E-state index in [1.165, 1.54) is 0 Å². The van der Waals surface area contributed by atoms with Crippen LogP contribution >= 0.6 is 22.6 Å². The first-order chi connectivity index (χ1) is 10.6. The van der Waals surface area contributed by atoms with E-state index in [9.17, 15) is 14.4 Å². The fourth-order valence-corrected chi connectivity index (χ4v) is 2.72. The Kier molecular flexibility index (Phi) is 3.93. The molecule has 0 saturated carbocycles. The van der Waals surface area contributed by atoms with Gasteiger partial charge < -0.3 is 4.74 Å². The van der Waals surface area contributed by atoms with Crippen LogP contribution < -0.4 is 0 Å². The highest BCUT2D eigenvalue weighted by atomic mass is 127. The molecule has 0 unspecified atom stereocenters. The molecule has 2 aromatic rings. The lowest BCUT2D eigenvalue weighted by molar-refractivity contribution is 0.0228. The summed E-state index contributed by atoms with van der Waals surface area (Å²) >= 11 is 2.09. The number of imide groups is 1. The minimum atomic E-state index is -0.574. The van der Waals surface area contributed by atoms with Crippen LogP contribution in [0.2, 0.25) is 0 Å². The summed E-state index contributed by atoms with van der Waals surface area (Å²) in [5.74, 6) is -1.47. The average Bonchev–Trinajstić information content (AvgIpc) is 2.77. The lowest BCUT2D eigenvalue weighted by Crippen LogP contribution is -2.33. The van der Waals surface area contributed by atoms with Crippen molar-refractivity contribution in [1.29, 1.82) is 0 Å². The second kappa shape index (κ2) is 5.88. The van der Waals surface area contributed by atoms with Crippen molar-refractivity contribution in [2.45, 2.75) is 0 Å². The molecule has 1 aliphatic rings. The molecular formula is C16H10INO4. The molecule has 110 valence electrons. The quantitative estimate of drug-likeness (QED) is 0.446. The number of rotatable bonds is 3. The third-order valence-electron chi connectivity index (χ3n) is 3.26. The highest BCUT2D eigenvalue weighted by molar-refractivity contribution is 14.1. The molecule has 1 aliphatic heterocycles. The first-order valence-corrected chi connectivity index (χ1v) is 7.54. The number of amides is 2. The molecule has 6 heteroatoms. The zero-order valence-electron chi connectivity index (χ0n) is 11.3. The number of carbonyl (C=O) groups excluding carboxylic acids is 3. The topological polar surface area (TPSA) is 63.7 Å². The van der Waals surface area contributed by atoms with E-state index in [-0.39, 0.29) is 0 Å². The predicted molar refractivity (Wildman–Crippen MR) is 86.4 cm³/mol. The smallest absolute Gasteiger partial charge is 0.339 e. The third-order valence-corrected chi connectivity index (χ3v) is 3.93. The first-order valence-electron chi connectivity index (χ1n) is 6.46. The molecule has 5 nitrogen and oxygen atoms in total. The third kappa shape index (κ3) is 2.61. The van der Waals surface area contributed by atoms with Gasteiger partial charge in [0.05, 0.1) is 16.7 Å². The van der Waals surface area contributed by atoms with Gasteiger partial charge in [0.25, 0.3) is 11.8 Å². The Labute approximate surface area is 140 Å². The number of hydrogen-bond acceptors (Lipinski definition) is 4. The van der Waals surface area contributed by atoms with E-state index in [1.807, 2.05) is 6.07 Å².